The Labute approximate surface area is 128 Å². The minimum Gasteiger partial charge on any atom is -0.488 e. The topological polar surface area (TPSA) is 46.5 Å². The maximum absolute atomic E-state index is 13.8. The molecule has 3 nitrogen and oxygen atoms in total. The number of carboxylic acids is 1. The van der Waals surface area contributed by atoms with E-state index in [4.69, 9.17) is 9.84 Å². The summed E-state index contributed by atoms with van der Waals surface area (Å²) < 4.78 is 32.9. The predicted molar refractivity (Wildman–Crippen MR) is 76.2 cm³/mol. The minimum atomic E-state index is -1.01. The molecule has 0 atom stereocenters. The molecule has 0 aliphatic heterocycles. The van der Waals surface area contributed by atoms with Crippen molar-refractivity contribution in [2.45, 2.75) is 13.0 Å². The third-order valence-corrected chi connectivity index (χ3v) is 3.44. The summed E-state index contributed by atoms with van der Waals surface area (Å²) in [5.41, 5.74) is 0.232. The summed E-state index contributed by atoms with van der Waals surface area (Å²) in [5, 5.41) is 8.82. The van der Waals surface area contributed by atoms with Gasteiger partial charge in [-0.2, -0.15) is 0 Å². The fraction of sp³-hybridized carbons (Fsp3) is 0.133. The Bertz CT molecular complexity index is 674. The molecule has 0 aliphatic rings. The van der Waals surface area contributed by atoms with Crippen LogP contribution in [0.4, 0.5) is 8.78 Å². The molecule has 1 N–H and O–H groups in total. The molecule has 0 spiro atoms. The van der Waals surface area contributed by atoms with Crippen molar-refractivity contribution in [3.05, 3.63) is 63.6 Å². The maximum Gasteiger partial charge on any atom is 0.307 e. The second-order valence-corrected chi connectivity index (χ2v) is 5.14. The van der Waals surface area contributed by atoms with Crippen LogP contribution in [0.2, 0.25) is 0 Å². The molecule has 0 bridgehead atoms. The highest BCUT2D eigenvalue weighted by Crippen LogP contribution is 2.25. The van der Waals surface area contributed by atoms with Gasteiger partial charge in [0.25, 0.3) is 0 Å². The van der Waals surface area contributed by atoms with Crippen molar-refractivity contribution in [3.63, 3.8) is 0 Å². The molecule has 0 amide bonds. The van der Waals surface area contributed by atoms with Crippen LogP contribution in [0.5, 0.6) is 5.75 Å². The lowest BCUT2D eigenvalue weighted by Gasteiger charge is -2.12. The van der Waals surface area contributed by atoms with Crippen LogP contribution < -0.4 is 4.74 Å². The zero-order valence-corrected chi connectivity index (χ0v) is 12.4. The van der Waals surface area contributed by atoms with Crippen molar-refractivity contribution in [2.24, 2.45) is 0 Å². The van der Waals surface area contributed by atoms with Gasteiger partial charge in [-0.15, -0.1) is 0 Å². The lowest BCUT2D eigenvalue weighted by Crippen LogP contribution is -2.06. The molecule has 2 rings (SSSR count). The van der Waals surface area contributed by atoms with E-state index < -0.39 is 17.6 Å². The molecular formula is C15H11BrF2O3. The van der Waals surface area contributed by atoms with Crippen molar-refractivity contribution in [1.29, 1.82) is 0 Å². The Balaban J connectivity index is 2.21. The van der Waals surface area contributed by atoms with Crippen LogP contribution in [-0.4, -0.2) is 11.1 Å². The highest BCUT2D eigenvalue weighted by molar-refractivity contribution is 9.10. The summed E-state index contributed by atoms with van der Waals surface area (Å²) in [7, 11) is 0. The molecule has 0 unspecified atom stereocenters. The Kier molecular flexibility index (Phi) is 4.90. The van der Waals surface area contributed by atoms with E-state index in [1.54, 1.807) is 24.3 Å². The van der Waals surface area contributed by atoms with Gasteiger partial charge in [0.2, 0.25) is 0 Å². The van der Waals surface area contributed by atoms with Crippen LogP contribution in [0.3, 0.4) is 0 Å². The van der Waals surface area contributed by atoms with Gasteiger partial charge in [0.15, 0.2) is 0 Å². The summed E-state index contributed by atoms with van der Waals surface area (Å²) in [6, 6.07) is 8.89. The fourth-order valence-corrected chi connectivity index (χ4v) is 2.18. The molecule has 0 heterocycles. The third kappa shape index (κ3) is 3.78. The summed E-state index contributed by atoms with van der Waals surface area (Å²) in [6.07, 6.45) is -0.223. The van der Waals surface area contributed by atoms with Gasteiger partial charge in [0, 0.05) is 5.56 Å². The van der Waals surface area contributed by atoms with Crippen molar-refractivity contribution < 1.29 is 23.4 Å². The predicted octanol–water partition coefficient (Wildman–Crippen LogP) is 3.93. The van der Waals surface area contributed by atoms with E-state index in [0.717, 1.165) is 6.07 Å². The van der Waals surface area contributed by atoms with E-state index in [-0.39, 0.29) is 23.1 Å². The van der Waals surface area contributed by atoms with Gasteiger partial charge in [-0.25, -0.2) is 8.78 Å². The van der Waals surface area contributed by atoms with Gasteiger partial charge in [0.05, 0.1) is 16.5 Å². The van der Waals surface area contributed by atoms with E-state index in [1.165, 1.54) is 6.07 Å². The summed E-state index contributed by atoms with van der Waals surface area (Å²) in [6.45, 7) is -0.326. The van der Waals surface area contributed by atoms with E-state index in [2.05, 4.69) is 15.9 Å². The monoisotopic (exact) mass is 356 g/mol. The summed E-state index contributed by atoms with van der Waals surface area (Å²) in [5.74, 6) is -2.17. The summed E-state index contributed by atoms with van der Waals surface area (Å²) >= 11 is 2.98. The number of carbonyl (C=O) groups is 1. The van der Waals surface area contributed by atoms with E-state index in [0.29, 0.717) is 11.3 Å². The number of benzene rings is 2. The molecule has 0 saturated carbocycles. The zero-order valence-electron chi connectivity index (χ0n) is 10.8. The SMILES string of the molecule is O=C(O)Cc1ccccc1OCc1c(F)ccc(Br)c1F. The maximum atomic E-state index is 13.8. The van der Waals surface area contributed by atoms with Crippen molar-refractivity contribution in [1.82, 2.24) is 0 Å². The number of rotatable bonds is 5. The fourth-order valence-electron chi connectivity index (χ4n) is 1.80. The van der Waals surface area contributed by atoms with Gasteiger partial charge >= 0.3 is 5.97 Å². The van der Waals surface area contributed by atoms with Crippen LogP contribution in [0.25, 0.3) is 0 Å². The number of halogens is 3. The smallest absolute Gasteiger partial charge is 0.307 e. The molecule has 0 aromatic heterocycles. The Morgan fingerprint density at radius 2 is 1.90 bits per heavy atom. The molecule has 0 saturated heterocycles. The zero-order chi connectivity index (χ0) is 15.4. The summed E-state index contributed by atoms with van der Waals surface area (Å²) in [4.78, 5) is 10.8. The third-order valence-electron chi connectivity index (χ3n) is 2.83. The van der Waals surface area contributed by atoms with Gasteiger partial charge in [0.1, 0.15) is 24.0 Å². The molecule has 2 aromatic carbocycles. The van der Waals surface area contributed by atoms with Crippen LogP contribution in [0, 0.1) is 11.6 Å². The molecule has 110 valence electrons. The number of hydrogen-bond donors (Lipinski definition) is 1. The number of hydrogen-bond acceptors (Lipinski definition) is 2. The van der Waals surface area contributed by atoms with Gasteiger partial charge in [-0.05, 0) is 34.1 Å². The van der Waals surface area contributed by atoms with Crippen molar-refractivity contribution in [3.8, 4) is 5.75 Å². The first kappa shape index (κ1) is 15.4. The first-order chi connectivity index (χ1) is 9.99. The molecule has 0 radical (unpaired) electrons. The molecular weight excluding hydrogens is 346 g/mol. The van der Waals surface area contributed by atoms with Crippen LogP contribution in [-0.2, 0) is 17.8 Å². The average molecular weight is 357 g/mol. The second-order valence-electron chi connectivity index (χ2n) is 4.29. The number of carboxylic acid groups (broad SMARTS) is 1. The van der Waals surface area contributed by atoms with E-state index >= 15 is 0 Å². The van der Waals surface area contributed by atoms with Gasteiger partial charge in [-0.1, -0.05) is 18.2 Å². The first-order valence-electron chi connectivity index (χ1n) is 6.04. The molecule has 2 aromatic rings. The lowest BCUT2D eigenvalue weighted by molar-refractivity contribution is -0.136. The minimum absolute atomic E-state index is 0.140. The van der Waals surface area contributed by atoms with Gasteiger partial charge < -0.3 is 9.84 Å². The van der Waals surface area contributed by atoms with E-state index in [9.17, 15) is 13.6 Å². The largest absolute Gasteiger partial charge is 0.488 e. The Morgan fingerprint density at radius 3 is 2.62 bits per heavy atom. The van der Waals surface area contributed by atoms with Gasteiger partial charge in [-0.3, -0.25) is 4.79 Å². The first-order valence-corrected chi connectivity index (χ1v) is 6.83. The molecule has 6 heteroatoms. The Hall–Kier alpha value is -1.95. The van der Waals surface area contributed by atoms with Crippen LogP contribution in [0.15, 0.2) is 40.9 Å². The highest BCUT2D eigenvalue weighted by Gasteiger charge is 2.14. The molecule has 21 heavy (non-hydrogen) atoms. The number of ether oxygens (including phenoxy) is 1. The number of para-hydroxylation sites is 1. The lowest BCUT2D eigenvalue weighted by atomic mass is 10.1. The van der Waals surface area contributed by atoms with Crippen molar-refractivity contribution >= 4 is 21.9 Å². The Morgan fingerprint density at radius 1 is 1.19 bits per heavy atom. The highest BCUT2D eigenvalue weighted by atomic mass is 79.9. The van der Waals surface area contributed by atoms with E-state index in [1.807, 2.05) is 0 Å². The standard InChI is InChI=1S/C15H11BrF2O3/c16-11-5-6-12(17)10(15(11)18)8-21-13-4-2-1-3-9(13)7-14(19)20/h1-6H,7-8H2,(H,19,20). The van der Waals surface area contributed by atoms with Crippen LogP contribution in [0.1, 0.15) is 11.1 Å². The second kappa shape index (κ2) is 6.67. The number of aliphatic carboxylic acids is 1. The van der Waals surface area contributed by atoms with Crippen molar-refractivity contribution in [2.75, 3.05) is 0 Å². The molecule has 0 aliphatic carbocycles. The molecule has 0 fully saturated rings. The quantitative estimate of drug-likeness (QED) is 0.825. The normalized spacial score (nSPS) is 10.4. The average Bonchev–Trinajstić information content (AvgIpc) is 2.44. The van der Waals surface area contributed by atoms with Crippen LogP contribution >= 0.6 is 15.9 Å².